The number of hydrogen-bond donors (Lipinski definition) is 0. The Morgan fingerprint density at radius 3 is 2.00 bits per heavy atom. The first-order chi connectivity index (χ1) is 9.44. The van der Waals surface area contributed by atoms with Crippen molar-refractivity contribution in [3.8, 4) is 0 Å². The van der Waals surface area contributed by atoms with Crippen molar-refractivity contribution in [2.75, 3.05) is 13.2 Å². The van der Waals surface area contributed by atoms with Crippen LogP contribution in [-0.2, 0) is 19.1 Å². The largest absolute Gasteiger partial charge is 0.465 e. The first-order valence-electron chi connectivity index (χ1n) is 7.39. The molecule has 4 heteroatoms. The maximum atomic E-state index is 12.4. The Balaban J connectivity index is 5.12. The van der Waals surface area contributed by atoms with Crippen molar-refractivity contribution in [1.82, 2.24) is 0 Å². The first-order valence-corrected chi connectivity index (χ1v) is 7.39. The molecule has 0 radical (unpaired) electrons. The predicted molar refractivity (Wildman–Crippen MR) is 79.2 cm³/mol. The summed E-state index contributed by atoms with van der Waals surface area (Å²) in [6, 6.07) is 0. The van der Waals surface area contributed by atoms with Gasteiger partial charge in [-0.2, -0.15) is 0 Å². The zero-order chi connectivity index (χ0) is 15.6. The van der Waals surface area contributed by atoms with E-state index in [2.05, 4.69) is 6.58 Å². The lowest BCUT2D eigenvalue weighted by Crippen LogP contribution is -2.42. The Morgan fingerprint density at radius 2 is 1.60 bits per heavy atom. The molecule has 0 amide bonds. The second-order valence-corrected chi connectivity index (χ2v) is 5.46. The van der Waals surface area contributed by atoms with Crippen molar-refractivity contribution in [2.45, 2.75) is 53.4 Å². The van der Waals surface area contributed by atoms with Gasteiger partial charge < -0.3 is 9.47 Å². The molecule has 0 spiro atoms. The van der Waals surface area contributed by atoms with Crippen molar-refractivity contribution in [2.24, 2.45) is 11.3 Å². The van der Waals surface area contributed by atoms with Gasteiger partial charge in [-0.1, -0.05) is 53.2 Å². The van der Waals surface area contributed by atoms with Crippen molar-refractivity contribution in [3.05, 3.63) is 12.7 Å². The molecule has 0 unspecified atom stereocenters. The molecule has 0 aliphatic carbocycles. The maximum absolute atomic E-state index is 12.4. The van der Waals surface area contributed by atoms with Gasteiger partial charge in [0.05, 0.1) is 6.61 Å². The number of carbonyl (C=O) groups is 2. The van der Waals surface area contributed by atoms with Crippen molar-refractivity contribution < 1.29 is 19.1 Å². The molecule has 0 aromatic heterocycles. The fraction of sp³-hybridized carbons (Fsp3) is 0.750. The lowest BCUT2D eigenvalue weighted by atomic mass is 9.79. The van der Waals surface area contributed by atoms with Gasteiger partial charge in [0.15, 0.2) is 5.41 Å². The molecule has 0 saturated heterocycles. The maximum Gasteiger partial charge on any atom is 0.323 e. The molecule has 0 aromatic rings. The summed E-state index contributed by atoms with van der Waals surface area (Å²) >= 11 is 0. The Hall–Kier alpha value is -1.32. The Bertz CT molecular complexity index is 314. The van der Waals surface area contributed by atoms with Crippen molar-refractivity contribution >= 4 is 11.9 Å². The molecule has 0 aromatic carbocycles. The Labute approximate surface area is 122 Å². The molecule has 0 aliphatic rings. The van der Waals surface area contributed by atoms with Crippen LogP contribution < -0.4 is 0 Å². The third kappa shape index (κ3) is 5.35. The second-order valence-electron chi connectivity index (χ2n) is 5.46. The smallest absolute Gasteiger partial charge is 0.323 e. The predicted octanol–water partition coefficient (Wildman–Crippen LogP) is 3.50. The topological polar surface area (TPSA) is 52.6 Å². The van der Waals surface area contributed by atoms with E-state index in [1.165, 1.54) is 6.08 Å². The van der Waals surface area contributed by atoms with Gasteiger partial charge in [-0.3, -0.25) is 9.59 Å². The molecular formula is C16H28O4. The summed E-state index contributed by atoms with van der Waals surface area (Å²) in [5.74, 6) is -0.706. The number of carbonyl (C=O) groups excluding carboxylic acids is 2. The molecule has 0 atom stereocenters. The van der Waals surface area contributed by atoms with E-state index in [4.69, 9.17) is 9.47 Å². The van der Waals surface area contributed by atoms with Crippen molar-refractivity contribution in [3.63, 3.8) is 0 Å². The van der Waals surface area contributed by atoms with Crippen LogP contribution in [0.2, 0.25) is 0 Å². The third-order valence-corrected chi connectivity index (χ3v) is 3.02. The molecule has 0 N–H and O–H groups in total. The van der Waals surface area contributed by atoms with Gasteiger partial charge in [0.25, 0.3) is 0 Å². The number of rotatable bonds is 10. The summed E-state index contributed by atoms with van der Waals surface area (Å²) < 4.78 is 10.4. The molecule has 0 saturated carbocycles. The minimum absolute atomic E-state index is 0.117. The molecule has 0 aliphatic heterocycles. The molecule has 0 bridgehead atoms. The van der Waals surface area contributed by atoms with Crippen molar-refractivity contribution in [1.29, 1.82) is 0 Å². The van der Waals surface area contributed by atoms with Gasteiger partial charge in [-0.25, -0.2) is 0 Å². The van der Waals surface area contributed by atoms with E-state index in [9.17, 15) is 9.59 Å². The van der Waals surface area contributed by atoms with Crippen LogP contribution in [0.5, 0.6) is 0 Å². The van der Waals surface area contributed by atoms with Crippen LogP contribution in [0.3, 0.4) is 0 Å². The fourth-order valence-electron chi connectivity index (χ4n) is 2.12. The minimum Gasteiger partial charge on any atom is -0.465 e. The average molecular weight is 284 g/mol. The summed E-state index contributed by atoms with van der Waals surface area (Å²) in [5.41, 5.74) is -1.17. The van der Waals surface area contributed by atoms with Gasteiger partial charge >= 0.3 is 11.9 Å². The Morgan fingerprint density at radius 1 is 1.10 bits per heavy atom. The summed E-state index contributed by atoms with van der Waals surface area (Å²) in [6.45, 7) is 11.8. The van der Waals surface area contributed by atoms with E-state index in [1.54, 1.807) is 0 Å². The summed E-state index contributed by atoms with van der Waals surface area (Å²) in [6.07, 6.45) is 3.85. The van der Waals surface area contributed by atoms with Crippen LogP contribution in [0.4, 0.5) is 0 Å². The summed E-state index contributed by atoms with van der Waals surface area (Å²) in [5, 5.41) is 0. The molecular weight excluding hydrogens is 256 g/mol. The number of esters is 2. The van der Waals surface area contributed by atoms with Crippen LogP contribution in [0.25, 0.3) is 0 Å². The SMILES string of the molecule is C=CCOC(=O)C(CCC)(CCC)C(=O)OCC(C)C. The highest BCUT2D eigenvalue weighted by Crippen LogP contribution is 2.33. The highest BCUT2D eigenvalue weighted by Gasteiger charge is 2.47. The fourth-order valence-corrected chi connectivity index (χ4v) is 2.12. The van der Waals surface area contributed by atoms with Crippen LogP contribution in [0, 0.1) is 11.3 Å². The highest BCUT2D eigenvalue weighted by atomic mass is 16.6. The van der Waals surface area contributed by atoms with Crippen LogP contribution in [0.15, 0.2) is 12.7 Å². The second kappa shape index (κ2) is 9.56. The standard InChI is InChI=1S/C16H28O4/c1-6-9-16(10-7-2,14(17)19-11-8-3)15(18)20-12-13(4)5/h8,13H,3,6-7,9-12H2,1-2,4-5H3. The average Bonchev–Trinajstić information content (AvgIpc) is 2.41. The zero-order valence-corrected chi connectivity index (χ0v) is 13.2. The van der Waals surface area contributed by atoms with E-state index < -0.39 is 17.4 Å². The van der Waals surface area contributed by atoms with Gasteiger partial charge in [-0.05, 0) is 18.8 Å². The summed E-state index contributed by atoms with van der Waals surface area (Å²) in [7, 11) is 0. The monoisotopic (exact) mass is 284 g/mol. The van der Waals surface area contributed by atoms with E-state index in [0.29, 0.717) is 19.4 Å². The first kappa shape index (κ1) is 18.7. The zero-order valence-electron chi connectivity index (χ0n) is 13.2. The third-order valence-electron chi connectivity index (χ3n) is 3.02. The van der Waals surface area contributed by atoms with Crippen LogP contribution in [-0.4, -0.2) is 25.2 Å². The lowest BCUT2D eigenvalue weighted by molar-refractivity contribution is -0.174. The number of hydrogen-bond acceptors (Lipinski definition) is 4. The van der Waals surface area contributed by atoms with E-state index in [1.807, 2.05) is 27.7 Å². The molecule has 0 rings (SSSR count). The van der Waals surface area contributed by atoms with Gasteiger partial charge in [0.1, 0.15) is 6.61 Å². The van der Waals surface area contributed by atoms with E-state index in [0.717, 1.165) is 12.8 Å². The molecule has 0 heterocycles. The minimum atomic E-state index is -1.17. The molecule has 20 heavy (non-hydrogen) atoms. The van der Waals surface area contributed by atoms with Gasteiger partial charge in [-0.15, -0.1) is 0 Å². The quantitative estimate of drug-likeness (QED) is 0.350. The molecule has 116 valence electrons. The number of ether oxygens (including phenoxy) is 2. The van der Waals surface area contributed by atoms with E-state index in [-0.39, 0.29) is 12.5 Å². The Kier molecular flexibility index (Phi) is 8.93. The van der Waals surface area contributed by atoms with E-state index >= 15 is 0 Å². The highest BCUT2D eigenvalue weighted by molar-refractivity contribution is 6.00. The van der Waals surface area contributed by atoms with Gasteiger partial charge in [0, 0.05) is 0 Å². The normalized spacial score (nSPS) is 11.2. The van der Waals surface area contributed by atoms with Crippen LogP contribution in [0.1, 0.15) is 53.4 Å². The molecule has 4 nitrogen and oxygen atoms in total. The lowest BCUT2D eigenvalue weighted by Gasteiger charge is -2.29. The van der Waals surface area contributed by atoms with Gasteiger partial charge in [0.2, 0.25) is 0 Å². The summed E-state index contributed by atoms with van der Waals surface area (Å²) in [4.78, 5) is 24.7. The van der Waals surface area contributed by atoms with Crippen LogP contribution >= 0.6 is 0 Å². The molecule has 0 fully saturated rings.